The molecule has 3 aromatic rings. The van der Waals surface area contributed by atoms with Gasteiger partial charge in [-0.1, -0.05) is 30.3 Å². The number of anilines is 2. The molecule has 9 heteroatoms. The van der Waals surface area contributed by atoms with Gasteiger partial charge in [-0.05, 0) is 66.9 Å². The Morgan fingerprint density at radius 3 is 2.49 bits per heavy atom. The molecule has 202 valence electrons. The summed E-state index contributed by atoms with van der Waals surface area (Å²) in [5, 5.41) is 17.7. The van der Waals surface area contributed by atoms with E-state index < -0.39 is 29.6 Å². The highest BCUT2D eigenvalue weighted by Crippen LogP contribution is 2.58. The first-order valence-electron chi connectivity index (χ1n) is 13.4. The summed E-state index contributed by atoms with van der Waals surface area (Å²) in [4.78, 5) is 42.4. The van der Waals surface area contributed by atoms with E-state index in [9.17, 15) is 19.5 Å². The lowest BCUT2D eigenvalue weighted by Crippen LogP contribution is -2.53. The molecule has 3 saturated heterocycles. The van der Waals surface area contributed by atoms with Crippen molar-refractivity contribution in [3.05, 3.63) is 66.7 Å². The van der Waals surface area contributed by atoms with E-state index in [2.05, 4.69) is 10.6 Å². The van der Waals surface area contributed by atoms with Gasteiger partial charge in [0.2, 0.25) is 17.7 Å². The van der Waals surface area contributed by atoms with Crippen LogP contribution in [-0.4, -0.2) is 65.2 Å². The van der Waals surface area contributed by atoms with Gasteiger partial charge < -0.3 is 30.1 Å². The lowest BCUT2D eigenvalue weighted by atomic mass is 9.70. The van der Waals surface area contributed by atoms with E-state index in [0.29, 0.717) is 36.6 Å². The minimum Gasteiger partial charge on any atom is -0.494 e. The standard InChI is InChI=1S/C30H31N3O6/c1-2-38-22-11-9-20(10-12-22)31-27(35)24-23-13-14-30(39-23)25(24)29(37)33(15-16-34)26(30)28(36)32-21-8-7-18-5-3-4-6-19(18)17-21/h3-12,17,23-26,34H,2,13-16H2,1H3,(H,31,35)(H,32,36)/t23-,24+,25+,26?,30?/m1/s1. The van der Waals surface area contributed by atoms with E-state index >= 15 is 0 Å². The Labute approximate surface area is 226 Å². The second-order valence-corrected chi connectivity index (χ2v) is 10.3. The second kappa shape index (κ2) is 9.98. The fourth-order valence-electron chi connectivity index (χ4n) is 6.61. The van der Waals surface area contributed by atoms with Crippen LogP contribution >= 0.6 is 0 Å². The Morgan fingerprint density at radius 1 is 1.03 bits per heavy atom. The molecule has 0 aliphatic carbocycles. The Balaban J connectivity index is 1.26. The Bertz CT molecular complexity index is 1430. The lowest BCUT2D eigenvalue weighted by molar-refractivity contribution is -0.140. The molecule has 3 aliphatic rings. The van der Waals surface area contributed by atoms with Crippen molar-refractivity contribution >= 4 is 39.9 Å². The van der Waals surface area contributed by atoms with Crippen LogP contribution in [0.2, 0.25) is 0 Å². The number of likely N-dealkylation sites (tertiary alicyclic amines) is 1. The number of rotatable bonds is 8. The first-order valence-corrected chi connectivity index (χ1v) is 13.4. The zero-order valence-corrected chi connectivity index (χ0v) is 21.6. The molecule has 0 saturated carbocycles. The van der Waals surface area contributed by atoms with Gasteiger partial charge in [-0.2, -0.15) is 0 Å². The molecule has 3 fully saturated rings. The fraction of sp³-hybridized carbons (Fsp3) is 0.367. The molecule has 39 heavy (non-hydrogen) atoms. The van der Waals surface area contributed by atoms with E-state index in [-0.39, 0.29) is 30.9 Å². The van der Waals surface area contributed by atoms with Crippen molar-refractivity contribution in [2.75, 3.05) is 30.4 Å². The molecule has 3 aliphatic heterocycles. The Kier molecular flexibility index (Phi) is 6.48. The number of β-amino-alcohol motifs (C(OH)–C–C–N with tert-alkyl or cyclic N) is 1. The summed E-state index contributed by atoms with van der Waals surface area (Å²) < 4.78 is 11.9. The van der Waals surface area contributed by atoms with E-state index in [4.69, 9.17) is 9.47 Å². The summed E-state index contributed by atoms with van der Waals surface area (Å²) >= 11 is 0. The van der Waals surface area contributed by atoms with Gasteiger partial charge in [-0.25, -0.2) is 0 Å². The SMILES string of the molecule is CCOc1ccc(NC(=O)[C@@H]2[C@H]3C(=O)N(CCO)C(C(=O)Nc4ccc5ccccc5c4)C34CC[C@H]2O4)cc1. The van der Waals surface area contributed by atoms with Crippen molar-refractivity contribution in [2.24, 2.45) is 11.8 Å². The summed E-state index contributed by atoms with van der Waals surface area (Å²) in [7, 11) is 0. The van der Waals surface area contributed by atoms with Crippen molar-refractivity contribution in [2.45, 2.75) is 37.5 Å². The van der Waals surface area contributed by atoms with Crippen LogP contribution in [0.5, 0.6) is 5.75 Å². The van der Waals surface area contributed by atoms with Crippen LogP contribution in [0, 0.1) is 11.8 Å². The van der Waals surface area contributed by atoms with Crippen LogP contribution in [0.25, 0.3) is 10.8 Å². The predicted molar refractivity (Wildman–Crippen MR) is 145 cm³/mol. The molecule has 3 aromatic carbocycles. The molecule has 0 radical (unpaired) electrons. The first kappa shape index (κ1) is 25.3. The summed E-state index contributed by atoms with van der Waals surface area (Å²) in [6.45, 7) is 2.11. The quantitative estimate of drug-likeness (QED) is 0.413. The van der Waals surface area contributed by atoms with Crippen molar-refractivity contribution in [1.82, 2.24) is 4.90 Å². The van der Waals surface area contributed by atoms with Crippen LogP contribution in [0.3, 0.4) is 0 Å². The number of ether oxygens (including phenoxy) is 2. The number of nitrogens with zero attached hydrogens (tertiary/aromatic N) is 1. The van der Waals surface area contributed by atoms with Crippen LogP contribution in [-0.2, 0) is 19.1 Å². The fourth-order valence-corrected chi connectivity index (χ4v) is 6.61. The maximum absolute atomic E-state index is 13.8. The van der Waals surface area contributed by atoms with Crippen LogP contribution in [0.1, 0.15) is 19.8 Å². The zero-order valence-electron chi connectivity index (χ0n) is 21.6. The van der Waals surface area contributed by atoms with Gasteiger partial charge in [0.25, 0.3) is 0 Å². The number of fused-ring (bicyclic) bond motifs is 2. The van der Waals surface area contributed by atoms with Gasteiger partial charge in [0.1, 0.15) is 17.4 Å². The molecule has 3 N–H and O–H groups in total. The van der Waals surface area contributed by atoms with E-state index in [1.54, 1.807) is 24.3 Å². The normalized spacial score (nSPS) is 27.0. The molecule has 0 aromatic heterocycles. The number of aliphatic hydroxyl groups excluding tert-OH is 1. The molecule has 3 amide bonds. The number of aliphatic hydroxyl groups is 1. The number of benzene rings is 3. The van der Waals surface area contributed by atoms with Crippen molar-refractivity contribution in [3.63, 3.8) is 0 Å². The first-order chi connectivity index (χ1) is 18.9. The number of hydrogen-bond donors (Lipinski definition) is 3. The molecular formula is C30H31N3O6. The minimum atomic E-state index is -1.13. The number of hydrogen-bond acceptors (Lipinski definition) is 6. The number of carbonyl (C=O) groups excluding carboxylic acids is 3. The zero-order chi connectivity index (χ0) is 27.1. The van der Waals surface area contributed by atoms with Crippen molar-refractivity contribution in [3.8, 4) is 5.75 Å². The smallest absolute Gasteiger partial charge is 0.250 e. The largest absolute Gasteiger partial charge is 0.494 e. The highest BCUT2D eigenvalue weighted by Gasteiger charge is 2.74. The van der Waals surface area contributed by atoms with Gasteiger partial charge in [0.05, 0.1) is 31.2 Å². The molecule has 3 heterocycles. The minimum absolute atomic E-state index is 0.0197. The summed E-state index contributed by atoms with van der Waals surface area (Å²) in [6, 6.07) is 19.6. The maximum Gasteiger partial charge on any atom is 0.250 e. The number of nitrogens with one attached hydrogen (secondary N) is 2. The third kappa shape index (κ3) is 4.22. The Morgan fingerprint density at radius 2 is 1.74 bits per heavy atom. The van der Waals surface area contributed by atoms with E-state index in [1.165, 1.54) is 4.90 Å². The van der Waals surface area contributed by atoms with E-state index in [1.807, 2.05) is 49.4 Å². The topological polar surface area (TPSA) is 117 Å². The highest BCUT2D eigenvalue weighted by atomic mass is 16.5. The third-order valence-corrected chi connectivity index (χ3v) is 8.14. The Hall–Kier alpha value is -3.95. The average Bonchev–Trinajstić information content (AvgIpc) is 3.57. The lowest BCUT2D eigenvalue weighted by Gasteiger charge is -2.33. The molecule has 5 atom stereocenters. The third-order valence-electron chi connectivity index (χ3n) is 8.14. The molecule has 9 nitrogen and oxygen atoms in total. The summed E-state index contributed by atoms with van der Waals surface area (Å²) in [6.07, 6.45) is 0.588. The molecule has 1 spiro atoms. The maximum atomic E-state index is 13.8. The molecular weight excluding hydrogens is 498 g/mol. The van der Waals surface area contributed by atoms with Crippen LogP contribution in [0.15, 0.2) is 66.7 Å². The number of carbonyl (C=O) groups is 3. The molecule has 6 rings (SSSR count). The average molecular weight is 530 g/mol. The van der Waals surface area contributed by atoms with Crippen molar-refractivity contribution < 1.29 is 29.0 Å². The summed E-state index contributed by atoms with van der Waals surface area (Å²) in [5.74, 6) is -1.89. The second-order valence-electron chi connectivity index (χ2n) is 10.3. The number of amides is 3. The van der Waals surface area contributed by atoms with Gasteiger partial charge in [0.15, 0.2) is 0 Å². The van der Waals surface area contributed by atoms with Crippen LogP contribution in [0.4, 0.5) is 11.4 Å². The van der Waals surface area contributed by atoms with Gasteiger partial charge in [-0.3, -0.25) is 14.4 Å². The summed E-state index contributed by atoms with van der Waals surface area (Å²) in [5.41, 5.74) is 0.0643. The van der Waals surface area contributed by atoms with Gasteiger partial charge in [0, 0.05) is 17.9 Å². The molecule has 2 unspecified atom stereocenters. The van der Waals surface area contributed by atoms with Gasteiger partial charge >= 0.3 is 0 Å². The van der Waals surface area contributed by atoms with Crippen molar-refractivity contribution in [1.29, 1.82) is 0 Å². The molecule has 2 bridgehead atoms. The predicted octanol–water partition coefficient (Wildman–Crippen LogP) is 3.18. The highest BCUT2D eigenvalue weighted by molar-refractivity contribution is 6.05. The van der Waals surface area contributed by atoms with E-state index in [0.717, 1.165) is 10.8 Å². The van der Waals surface area contributed by atoms with Gasteiger partial charge in [-0.15, -0.1) is 0 Å². The monoisotopic (exact) mass is 529 g/mol. The van der Waals surface area contributed by atoms with Crippen LogP contribution < -0.4 is 15.4 Å².